The van der Waals surface area contributed by atoms with Gasteiger partial charge >= 0.3 is 0 Å². The van der Waals surface area contributed by atoms with Crippen molar-refractivity contribution in [2.75, 3.05) is 0 Å². The minimum Gasteiger partial charge on any atom is -0.468 e. The fraction of sp³-hybridized carbons (Fsp3) is 0.556. The second-order valence-electron chi connectivity index (χ2n) is 6.69. The Morgan fingerprint density at radius 2 is 1.96 bits per heavy atom. The van der Waals surface area contributed by atoms with Gasteiger partial charge in [-0.05, 0) is 24.5 Å². The molecule has 2 fully saturated rings. The molecule has 6 heteroatoms. The number of hydrogen-bond acceptors (Lipinski definition) is 4. The summed E-state index contributed by atoms with van der Waals surface area (Å²) in [4.78, 5) is 24.0. The molecule has 1 aromatic rings. The van der Waals surface area contributed by atoms with E-state index < -0.39 is 18.3 Å². The van der Waals surface area contributed by atoms with Crippen molar-refractivity contribution < 1.29 is 14.3 Å². The maximum atomic E-state index is 12.3. The van der Waals surface area contributed by atoms with Crippen molar-refractivity contribution >= 4 is 11.8 Å². The van der Waals surface area contributed by atoms with Crippen molar-refractivity contribution in [3.63, 3.8) is 0 Å². The summed E-state index contributed by atoms with van der Waals surface area (Å²) in [6, 6.07) is 7.94. The van der Waals surface area contributed by atoms with Gasteiger partial charge in [0.1, 0.15) is 5.75 Å². The van der Waals surface area contributed by atoms with Crippen molar-refractivity contribution in [1.29, 1.82) is 0 Å². The first-order valence-corrected chi connectivity index (χ1v) is 8.71. The minimum atomic E-state index is -0.685. The summed E-state index contributed by atoms with van der Waals surface area (Å²) in [5.74, 6) is 0.649. The van der Waals surface area contributed by atoms with Crippen LogP contribution >= 0.6 is 0 Å². The Kier molecular flexibility index (Phi) is 5.35. The number of hydrogen-bond donors (Lipinski definition) is 3. The number of carbonyl (C=O) groups is 2. The van der Waals surface area contributed by atoms with Crippen LogP contribution in [0.3, 0.4) is 0 Å². The highest BCUT2D eigenvalue weighted by atomic mass is 16.5. The molecule has 1 heterocycles. The Hall–Kier alpha value is -2.08. The normalized spacial score (nSPS) is 25.3. The van der Waals surface area contributed by atoms with Gasteiger partial charge in [0, 0.05) is 0 Å². The number of benzene rings is 1. The van der Waals surface area contributed by atoms with E-state index in [0.29, 0.717) is 18.1 Å². The van der Waals surface area contributed by atoms with Crippen LogP contribution in [0.4, 0.5) is 0 Å². The number of nitrogens with one attached hydrogen (secondary N) is 2. The van der Waals surface area contributed by atoms with Crippen LogP contribution < -0.4 is 21.1 Å². The molecule has 0 spiro atoms. The molecule has 3 rings (SSSR count). The minimum absolute atomic E-state index is 0.242. The van der Waals surface area contributed by atoms with Gasteiger partial charge in [0.05, 0.1) is 6.04 Å². The summed E-state index contributed by atoms with van der Waals surface area (Å²) < 4.78 is 5.68. The quantitative estimate of drug-likeness (QED) is 0.685. The number of nitrogens with two attached hydrogens (primary N) is 1. The molecular formula is C18H25N3O3. The molecule has 4 N–H and O–H groups in total. The van der Waals surface area contributed by atoms with Crippen molar-refractivity contribution in [3.05, 3.63) is 30.3 Å². The summed E-state index contributed by atoms with van der Waals surface area (Å²) in [5.41, 5.74) is 6.03. The summed E-state index contributed by atoms with van der Waals surface area (Å²) in [5, 5.41) is 5.38. The van der Waals surface area contributed by atoms with Crippen LogP contribution in [0, 0.1) is 5.92 Å². The van der Waals surface area contributed by atoms with E-state index in [1.54, 1.807) is 12.1 Å². The number of rotatable bonds is 6. The molecule has 130 valence electrons. The van der Waals surface area contributed by atoms with Crippen LogP contribution in [0.25, 0.3) is 0 Å². The highest BCUT2D eigenvalue weighted by molar-refractivity contribution is 5.94. The number of para-hydroxylation sites is 1. The molecule has 0 unspecified atom stereocenters. The lowest BCUT2D eigenvalue weighted by molar-refractivity contribution is -0.143. The average Bonchev–Trinajstić information content (AvgIpc) is 2.61. The smallest absolute Gasteiger partial charge is 0.251 e. The lowest BCUT2D eigenvalue weighted by Crippen LogP contribution is -2.72. The molecule has 1 aliphatic heterocycles. The molecule has 0 bridgehead atoms. The first-order valence-electron chi connectivity index (χ1n) is 8.71. The molecule has 1 saturated carbocycles. The second-order valence-corrected chi connectivity index (χ2v) is 6.69. The zero-order valence-corrected chi connectivity index (χ0v) is 13.7. The third-order valence-electron chi connectivity index (χ3n) is 4.82. The molecule has 1 aliphatic carbocycles. The monoisotopic (exact) mass is 331 g/mol. The van der Waals surface area contributed by atoms with E-state index in [4.69, 9.17) is 10.5 Å². The SMILES string of the molecule is N[C@@H](CC1CCCCC1)C(=O)N[C@@H]1C(=O)N[C@@H]1Oc1ccccc1. The van der Waals surface area contributed by atoms with Gasteiger partial charge in [0.25, 0.3) is 5.91 Å². The molecule has 0 radical (unpaired) electrons. The molecule has 2 amide bonds. The fourth-order valence-electron chi connectivity index (χ4n) is 3.39. The molecule has 1 aromatic carbocycles. The van der Waals surface area contributed by atoms with E-state index in [0.717, 1.165) is 12.8 Å². The Morgan fingerprint density at radius 1 is 1.25 bits per heavy atom. The highest BCUT2D eigenvalue weighted by Crippen LogP contribution is 2.27. The van der Waals surface area contributed by atoms with E-state index in [9.17, 15) is 9.59 Å². The molecular weight excluding hydrogens is 306 g/mol. The molecule has 0 aromatic heterocycles. The Morgan fingerprint density at radius 3 is 2.62 bits per heavy atom. The number of amides is 2. The number of carbonyl (C=O) groups excluding carboxylic acids is 2. The van der Waals surface area contributed by atoms with Gasteiger partial charge in [-0.15, -0.1) is 0 Å². The van der Waals surface area contributed by atoms with Crippen LogP contribution in [0.5, 0.6) is 5.75 Å². The van der Waals surface area contributed by atoms with Crippen LogP contribution in [0.1, 0.15) is 38.5 Å². The van der Waals surface area contributed by atoms with Crippen molar-refractivity contribution in [2.45, 2.75) is 56.8 Å². The van der Waals surface area contributed by atoms with Gasteiger partial charge in [0.2, 0.25) is 12.1 Å². The van der Waals surface area contributed by atoms with E-state index in [-0.39, 0.29) is 11.8 Å². The van der Waals surface area contributed by atoms with E-state index >= 15 is 0 Å². The maximum Gasteiger partial charge on any atom is 0.251 e. The lowest BCUT2D eigenvalue weighted by atomic mass is 9.85. The molecule has 6 nitrogen and oxygen atoms in total. The third kappa shape index (κ3) is 4.06. The first-order chi connectivity index (χ1) is 11.6. The van der Waals surface area contributed by atoms with Crippen molar-refractivity contribution in [3.8, 4) is 5.75 Å². The van der Waals surface area contributed by atoms with E-state index in [1.165, 1.54) is 19.3 Å². The largest absolute Gasteiger partial charge is 0.468 e. The third-order valence-corrected chi connectivity index (χ3v) is 4.82. The van der Waals surface area contributed by atoms with Crippen LogP contribution in [-0.2, 0) is 9.59 Å². The molecule has 2 aliphatic rings. The van der Waals surface area contributed by atoms with Crippen molar-refractivity contribution in [1.82, 2.24) is 10.6 Å². The predicted octanol–water partition coefficient (Wildman–Crippen LogP) is 1.30. The van der Waals surface area contributed by atoms with Gasteiger partial charge in [0.15, 0.2) is 6.04 Å². The van der Waals surface area contributed by atoms with E-state index in [2.05, 4.69) is 10.6 Å². The predicted molar refractivity (Wildman–Crippen MR) is 90.1 cm³/mol. The van der Waals surface area contributed by atoms with Gasteiger partial charge in [-0.25, -0.2) is 0 Å². The summed E-state index contributed by atoms with van der Waals surface area (Å²) >= 11 is 0. The van der Waals surface area contributed by atoms with Crippen LogP contribution in [0.15, 0.2) is 30.3 Å². The average molecular weight is 331 g/mol. The van der Waals surface area contributed by atoms with Crippen LogP contribution in [-0.4, -0.2) is 30.1 Å². The highest BCUT2D eigenvalue weighted by Gasteiger charge is 2.43. The standard InChI is InChI=1S/C18H25N3O3/c19-14(11-12-7-3-1-4-8-12)16(22)20-15-17(23)21-18(15)24-13-9-5-2-6-10-13/h2,5-6,9-10,12,14-15,18H,1,3-4,7-8,11,19H2,(H,20,22)(H,21,23)/t14-,15+,18+/m0/s1. The molecule has 24 heavy (non-hydrogen) atoms. The fourth-order valence-corrected chi connectivity index (χ4v) is 3.39. The summed E-state index contributed by atoms with van der Waals surface area (Å²) in [6.45, 7) is 0. The van der Waals surface area contributed by atoms with Gasteiger partial charge in [-0.1, -0.05) is 50.3 Å². The van der Waals surface area contributed by atoms with Gasteiger partial charge < -0.3 is 21.1 Å². The maximum absolute atomic E-state index is 12.3. The number of ether oxygens (including phenoxy) is 1. The lowest BCUT2D eigenvalue weighted by Gasteiger charge is -2.37. The molecule has 3 atom stereocenters. The summed E-state index contributed by atoms with van der Waals surface area (Å²) in [6.07, 6.45) is 6.14. The first kappa shape index (κ1) is 16.8. The zero-order valence-electron chi connectivity index (χ0n) is 13.7. The van der Waals surface area contributed by atoms with Gasteiger partial charge in [-0.3, -0.25) is 9.59 Å². The topological polar surface area (TPSA) is 93.5 Å². The Balaban J connectivity index is 1.49. The second kappa shape index (κ2) is 7.66. The van der Waals surface area contributed by atoms with Gasteiger partial charge in [-0.2, -0.15) is 0 Å². The summed E-state index contributed by atoms with van der Waals surface area (Å²) in [7, 11) is 0. The number of β-lactam (4-membered cyclic amide) rings is 1. The van der Waals surface area contributed by atoms with Crippen LogP contribution in [0.2, 0.25) is 0 Å². The Bertz CT molecular complexity index is 572. The molecule has 1 saturated heterocycles. The zero-order chi connectivity index (χ0) is 16.9. The van der Waals surface area contributed by atoms with E-state index in [1.807, 2.05) is 18.2 Å². The Labute approximate surface area is 142 Å². The van der Waals surface area contributed by atoms with Crippen molar-refractivity contribution in [2.24, 2.45) is 11.7 Å².